The first-order chi connectivity index (χ1) is 10.3. The molecule has 0 saturated heterocycles. The van der Waals surface area contributed by atoms with Crippen LogP contribution in [0.5, 0.6) is 0 Å². The van der Waals surface area contributed by atoms with Crippen molar-refractivity contribution in [2.45, 2.75) is 32.4 Å². The van der Waals surface area contributed by atoms with Crippen molar-refractivity contribution in [1.82, 2.24) is 14.7 Å². The van der Waals surface area contributed by atoms with Gasteiger partial charge < -0.3 is 5.32 Å². The molecule has 0 atom stereocenters. The smallest absolute Gasteiger partial charge is 0.137 e. The lowest BCUT2D eigenvalue weighted by molar-refractivity contribution is 0.688. The van der Waals surface area contributed by atoms with Crippen molar-refractivity contribution >= 4 is 5.65 Å². The fourth-order valence-electron chi connectivity index (χ4n) is 2.77. The Morgan fingerprint density at radius 1 is 1.24 bits per heavy atom. The highest BCUT2D eigenvalue weighted by Gasteiger charge is 2.20. The second-order valence-electron chi connectivity index (χ2n) is 5.87. The van der Waals surface area contributed by atoms with E-state index in [2.05, 4.69) is 52.0 Å². The summed E-state index contributed by atoms with van der Waals surface area (Å²) in [5, 5.41) is 3.58. The summed E-state index contributed by atoms with van der Waals surface area (Å²) in [6, 6.07) is 13.8. The van der Waals surface area contributed by atoms with Gasteiger partial charge in [0.25, 0.3) is 0 Å². The standard InChI is InChI=1S/C18H19N3/c1-13-5-6-14(12-20-15-7-8-15)11-16(13)17-3-2-4-18-19-9-10-21(17)18/h2-6,9-11,15,20H,7-8,12H2,1H3. The van der Waals surface area contributed by atoms with Crippen LogP contribution in [0, 0.1) is 6.92 Å². The maximum Gasteiger partial charge on any atom is 0.137 e. The number of nitrogens with one attached hydrogen (secondary N) is 1. The van der Waals surface area contributed by atoms with Gasteiger partial charge >= 0.3 is 0 Å². The van der Waals surface area contributed by atoms with Crippen LogP contribution >= 0.6 is 0 Å². The summed E-state index contributed by atoms with van der Waals surface area (Å²) in [5.74, 6) is 0. The van der Waals surface area contributed by atoms with Crippen LogP contribution in [-0.2, 0) is 6.54 Å². The normalized spacial score (nSPS) is 14.7. The van der Waals surface area contributed by atoms with Crippen LogP contribution in [0.3, 0.4) is 0 Å². The molecule has 21 heavy (non-hydrogen) atoms. The monoisotopic (exact) mass is 277 g/mol. The van der Waals surface area contributed by atoms with E-state index in [1.807, 2.05) is 18.5 Å². The molecule has 0 spiro atoms. The number of benzene rings is 1. The molecular formula is C18H19N3. The van der Waals surface area contributed by atoms with E-state index in [4.69, 9.17) is 0 Å². The third-order valence-corrected chi connectivity index (χ3v) is 4.18. The lowest BCUT2D eigenvalue weighted by atomic mass is 10.0. The minimum Gasteiger partial charge on any atom is -0.310 e. The van der Waals surface area contributed by atoms with Crippen LogP contribution in [-0.4, -0.2) is 15.4 Å². The maximum absolute atomic E-state index is 4.38. The van der Waals surface area contributed by atoms with Crippen molar-refractivity contribution < 1.29 is 0 Å². The van der Waals surface area contributed by atoms with Gasteiger partial charge in [-0.05, 0) is 49.1 Å². The molecule has 0 amide bonds. The average Bonchev–Trinajstić information content (AvgIpc) is 3.21. The van der Waals surface area contributed by atoms with Gasteiger partial charge in [0.2, 0.25) is 0 Å². The van der Waals surface area contributed by atoms with E-state index in [0.717, 1.165) is 18.2 Å². The summed E-state index contributed by atoms with van der Waals surface area (Å²) in [7, 11) is 0. The second kappa shape index (κ2) is 5.01. The number of hydrogen-bond donors (Lipinski definition) is 1. The molecule has 106 valence electrons. The van der Waals surface area contributed by atoms with E-state index in [0.29, 0.717) is 0 Å². The Balaban J connectivity index is 1.75. The summed E-state index contributed by atoms with van der Waals surface area (Å²) >= 11 is 0. The molecule has 1 saturated carbocycles. The highest BCUT2D eigenvalue weighted by molar-refractivity contribution is 5.67. The third-order valence-electron chi connectivity index (χ3n) is 4.18. The minimum absolute atomic E-state index is 0.742. The molecular weight excluding hydrogens is 258 g/mol. The number of rotatable bonds is 4. The van der Waals surface area contributed by atoms with E-state index in [1.165, 1.54) is 35.2 Å². The SMILES string of the molecule is Cc1ccc(CNC2CC2)cc1-c1cccc2nccn12. The van der Waals surface area contributed by atoms with Crippen molar-refractivity contribution in [3.05, 3.63) is 59.9 Å². The molecule has 1 N–H and O–H groups in total. The van der Waals surface area contributed by atoms with E-state index < -0.39 is 0 Å². The van der Waals surface area contributed by atoms with Crippen LogP contribution < -0.4 is 5.32 Å². The van der Waals surface area contributed by atoms with E-state index in [-0.39, 0.29) is 0 Å². The quantitative estimate of drug-likeness (QED) is 0.790. The fraction of sp³-hybridized carbons (Fsp3) is 0.278. The number of nitrogens with zero attached hydrogens (tertiary/aromatic N) is 2. The molecule has 3 nitrogen and oxygen atoms in total. The molecule has 1 aromatic carbocycles. The zero-order chi connectivity index (χ0) is 14.2. The number of hydrogen-bond acceptors (Lipinski definition) is 2. The molecule has 0 aliphatic heterocycles. The lowest BCUT2D eigenvalue weighted by Gasteiger charge is -2.12. The fourth-order valence-corrected chi connectivity index (χ4v) is 2.77. The van der Waals surface area contributed by atoms with Gasteiger partial charge in [0.05, 0.1) is 5.69 Å². The summed E-state index contributed by atoms with van der Waals surface area (Å²) in [6.07, 6.45) is 6.53. The molecule has 1 fully saturated rings. The Bertz CT molecular complexity index is 784. The van der Waals surface area contributed by atoms with Crippen molar-refractivity contribution in [3.63, 3.8) is 0 Å². The van der Waals surface area contributed by atoms with E-state index in [9.17, 15) is 0 Å². The van der Waals surface area contributed by atoms with Crippen molar-refractivity contribution in [2.75, 3.05) is 0 Å². The van der Waals surface area contributed by atoms with Gasteiger partial charge in [-0.1, -0.05) is 18.2 Å². The van der Waals surface area contributed by atoms with Gasteiger partial charge in [-0.3, -0.25) is 4.40 Å². The topological polar surface area (TPSA) is 29.3 Å². The Morgan fingerprint density at radius 2 is 2.14 bits per heavy atom. The zero-order valence-corrected chi connectivity index (χ0v) is 12.2. The van der Waals surface area contributed by atoms with Crippen LogP contribution in [0.15, 0.2) is 48.8 Å². The molecule has 0 bridgehead atoms. The number of aryl methyl sites for hydroxylation is 1. The summed E-state index contributed by atoms with van der Waals surface area (Å²) in [4.78, 5) is 4.38. The highest BCUT2D eigenvalue weighted by atomic mass is 15.0. The number of aromatic nitrogens is 2. The second-order valence-corrected chi connectivity index (χ2v) is 5.87. The largest absolute Gasteiger partial charge is 0.310 e. The van der Waals surface area contributed by atoms with Gasteiger partial charge in [-0.2, -0.15) is 0 Å². The van der Waals surface area contributed by atoms with Crippen molar-refractivity contribution in [2.24, 2.45) is 0 Å². The lowest BCUT2D eigenvalue weighted by Crippen LogP contribution is -2.15. The molecule has 0 radical (unpaired) electrons. The predicted octanol–water partition coefficient (Wildman–Crippen LogP) is 3.56. The number of imidazole rings is 1. The minimum atomic E-state index is 0.742. The van der Waals surface area contributed by atoms with Crippen LogP contribution in [0.2, 0.25) is 0 Å². The molecule has 3 aromatic rings. The van der Waals surface area contributed by atoms with Crippen molar-refractivity contribution in [3.8, 4) is 11.3 Å². The van der Waals surface area contributed by atoms with Crippen LogP contribution in [0.25, 0.3) is 16.9 Å². The zero-order valence-electron chi connectivity index (χ0n) is 12.2. The molecule has 1 aliphatic rings. The Morgan fingerprint density at radius 3 is 3.00 bits per heavy atom. The first-order valence-corrected chi connectivity index (χ1v) is 7.56. The van der Waals surface area contributed by atoms with Gasteiger partial charge in [-0.15, -0.1) is 0 Å². The average molecular weight is 277 g/mol. The molecule has 2 heterocycles. The van der Waals surface area contributed by atoms with Crippen LogP contribution in [0.4, 0.5) is 0 Å². The predicted molar refractivity (Wildman–Crippen MR) is 85.2 cm³/mol. The Labute approximate surface area is 124 Å². The molecule has 0 unspecified atom stereocenters. The van der Waals surface area contributed by atoms with E-state index >= 15 is 0 Å². The molecule has 1 aliphatic carbocycles. The summed E-state index contributed by atoms with van der Waals surface area (Å²) in [6.45, 7) is 3.13. The Hall–Kier alpha value is -2.13. The maximum atomic E-state index is 4.38. The molecule has 4 rings (SSSR count). The highest BCUT2D eigenvalue weighted by Crippen LogP contribution is 2.26. The first kappa shape index (κ1) is 12.6. The molecule has 3 heteroatoms. The number of fused-ring (bicyclic) bond motifs is 1. The Kier molecular flexibility index (Phi) is 3.00. The van der Waals surface area contributed by atoms with E-state index in [1.54, 1.807) is 0 Å². The summed E-state index contributed by atoms with van der Waals surface area (Å²) in [5.41, 5.74) is 6.13. The molecule has 2 aromatic heterocycles. The van der Waals surface area contributed by atoms with Crippen LogP contribution in [0.1, 0.15) is 24.0 Å². The third kappa shape index (κ3) is 2.45. The van der Waals surface area contributed by atoms with Gasteiger partial charge in [0, 0.05) is 30.5 Å². The summed E-state index contributed by atoms with van der Waals surface area (Å²) < 4.78 is 2.15. The number of pyridine rings is 1. The van der Waals surface area contributed by atoms with Gasteiger partial charge in [-0.25, -0.2) is 4.98 Å². The van der Waals surface area contributed by atoms with Crippen molar-refractivity contribution in [1.29, 1.82) is 0 Å². The van der Waals surface area contributed by atoms with Gasteiger partial charge in [0.15, 0.2) is 0 Å². The van der Waals surface area contributed by atoms with Gasteiger partial charge in [0.1, 0.15) is 5.65 Å². The first-order valence-electron chi connectivity index (χ1n) is 7.56.